The van der Waals surface area contributed by atoms with Gasteiger partial charge in [-0.05, 0) is 35.2 Å². The molecule has 2 atom stereocenters. The third kappa shape index (κ3) is 4.56. The van der Waals surface area contributed by atoms with E-state index in [1.54, 1.807) is 31.3 Å². The lowest BCUT2D eigenvalue weighted by Gasteiger charge is -2.24. The first kappa shape index (κ1) is 21.3. The fourth-order valence-corrected chi connectivity index (χ4v) is 4.13. The average molecular weight is 450 g/mol. The number of aromatic nitrogens is 4. The van der Waals surface area contributed by atoms with E-state index in [0.717, 1.165) is 0 Å². The predicted octanol–water partition coefficient (Wildman–Crippen LogP) is 4.83. The summed E-state index contributed by atoms with van der Waals surface area (Å²) in [6, 6.07) is 11.0. The number of hydrogen-bond acceptors (Lipinski definition) is 4. The molecule has 162 valence electrons. The van der Waals surface area contributed by atoms with Crippen molar-refractivity contribution in [1.82, 2.24) is 20.2 Å². The Morgan fingerprint density at radius 1 is 1.26 bits per heavy atom. The van der Waals surface area contributed by atoms with Crippen molar-refractivity contribution >= 4 is 23.2 Å². The number of halogens is 4. The third-order valence-electron chi connectivity index (χ3n) is 5.44. The highest BCUT2D eigenvalue weighted by Crippen LogP contribution is 2.46. The van der Waals surface area contributed by atoms with E-state index in [2.05, 4.69) is 20.7 Å². The lowest BCUT2D eigenvalue weighted by Crippen LogP contribution is -2.28. The zero-order valence-corrected chi connectivity index (χ0v) is 17.3. The second-order valence-corrected chi connectivity index (χ2v) is 8.06. The normalized spacial score (nSPS) is 18.7. The van der Waals surface area contributed by atoms with Gasteiger partial charge in [0.1, 0.15) is 0 Å². The summed E-state index contributed by atoms with van der Waals surface area (Å²) in [5, 5.41) is 14.2. The number of aryl methyl sites for hydroxylation is 1. The first-order chi connectivity index (χ1) is 14.7. The molecule has 4 rings (SSSR count). The van der Waals surface area contributed by atoms with Crippen LogP contribution >= 0.6 is 11.6 Å². The second kappa shape index (κ2) is 8.30. The van der Waals surface area contributed by atoms with Gasteiger partial charge in [-0.2, -0.15) is 4.80 Å². The molecule has 10 heteroatoms. The Morgan fingerprint density at radius 2 is 2.00 bits per heavy atom. The Morgan fingerprint density at radius 3 is 2.61 bits per heavy atom. The molecule has 2 unspecified atom stereocenters. The molecular formula is C21H19ClF3N5O. The van der Waals surface area contributed by atoms with Crippen molar-refractivity contribution < 1.29 is 18.0 Å². The maximum Gasteiger partial charge on any atom is 0.248 e. The molecule has 1 aliphatic carbocycles. The number of alkyl halides is 2. The molecule has 0 aliphatic heterocycles. The molecule has 0 bridgehead atoms. The Balaban J connectivity index is 1.64. The molecule has 1 heterocycles. The topological polar surface area (TPSA) is 72.7 Å². The van der Waals surface area contributed by atoms with Gasteiger partial charge in [0.05, 0.1) is 23.7 Å². The molecule has 0 saturated heterocycles. The Bertz CT molecular complexity index is 1100. The number of carbonyl (C=O) groups is 1. The van der Waals surface area contributed by atoms with E-state index in [1.807, 2.05) is 0 Å². The summed E-state index contributed by atoms with van der Waals surface area (Å²) >= 11 is 5.79. The van der Waals surface area contributed by atoms with Crippen LogP contribution in [0.5, 0.6) is 0 Å². The number of benzene rings is 2. The average Bonchev–Trinajstić information content (AvgIpc) is 3.31. The number of hydrogen-bond donors (Lipinski definition) is 1. The zero-order chi connectivity index (χ0) is 22.2. The van der Waals surface area contributed by atoms with Gasteiger partial charge in [-0.15, -0.1) is 10.2 Å². The van der Waals surface area contributed by atoms with Gasteiger partial charge in [0.15, 0.2) is 5.82 Å². The van der Waals surface area contributed by atoms with E-state index in [9.17, 15) is 18.0 Å². The molecule has 0 radical (unpaired) electrons. The van der Waals surface area contributed by atoms with Crippen LogP contribution in [0, 0.1) is 11.7 Å². The molecule has 1 N–H and O–H groups in total. The standard InChI is InChI=1S/C21H19ClF3N5O/c1-30-28-19(27-29-30)13-7-5-12(6-8-13)17(14-9-10-21(24,25)11-14)20(31)26-16-4-2-3-15(22)18(16)23/h2-8,14,17H,9-11H2,1H3,(H,26,31). The van der Waals surface area contributed by atoms with E-state index >= 15 is 0 Å². The van der Waals surface area contributed by atoms with Crippen molar-refractivity contribution in [3.05, 3.63) is 58.9 Å². The molecule has 1 aromatic heterocycles. The van der Waals surface area contributed by atoms with Crippen molar-refractivity contribution in [2.75, 3.05) is 5.32 Å². The Kier molecular flexibility index (Phi) is 5.70. The highest BCUT2D eigenvalue weighted by Gasteiger charge is 2.45. The van der Waals surface area contributed by atoms with E-state index < -0.39 is 35.9 Å². The monoisotopic (exact) mass is 449 g/mol. The van der Waals surface area contributed by atoms with Crippen LogP contribution in [0.2, 0.25) is 5.02 Å². The van der Waals surface area contributed by atoms with Crippen molar-refractivity contribution in [2.45, 2.75) is 31.1 Å². The smallest absolute Gasteiger partial charge is 0.248 e. The van der Waals surface area contributed by atoms with Crippen molar-refractivity contribution in [2.24, 2.45) is 13.0 Å². The fraction of sp³-hybridized carbons (Fsp3) is 0.333. The van der Waals surface area contributed by atoms with Gasteiger partial charge in [-0.3, -0.25) is 4.79 Å². The number of rotatable bonds is 5. The van der Waals surface area contributed by atoms with Crippen LogP contribution in [0.15, 0.2) is 42.5 Å². The number of nitrogens with zero attached hydrogens (tertiary/aromatic N) is 4. The van der Waals surface area contributed by atoms with Gasteiger partial charge in [0.25, 0.3) is 0 Å². The van der Waals surface area contributed by atoms with E-state index in [4.69, 9.17) is 11.6 Å². The van der Waals surface area contributed by atoms with Crippen molar-refractivity contribution in [3.63, 3.8) is 0 Å². The van der Waals surface area contributed by atoms with E-state index in [1.165, 1.54) is 23.0 Å². The summed E-state index contributed by atoms with van der Waals surface area (Å²) < 4.78 is 42.1. The number of carbonyl (C=O) groups excluding carboxylic acids is 1. The number of nitrogens with one attached hydrogen (secondary N) is 1. The van der Waals surface area contributed by atoms with Crippen molar-refractivity contribution in [3.8, 4) is 11.4 Å². The number of amides is 1. The molecule has 1 aliphatic rings. The summed E-state index contributed by atoms with van der Waals surface area (Å²) in [5.74, 6) is -5.21. The van der Waals surface area contributed by atoms with Crippen LogP contribution in [-0.2, 0) is 11.8 Å². The van der Waals surface area contributed by atoms with E-state index in [-0.39, 0.29) is 23.6 Å². The highest BCUT2D eigenvalue weighted by molar-refractivity contribution is 6.31. The van der Waals surface area contributed by atoms with E-state index in [0.29, 0.717) is 17.0 Å². The van der Waals surface area contributed by atoms with Crippen LogP contribution in [0.1, 0.15) is 30.7 Å². The number of tetrazole rings is 1. The van der Waals surface area contributed by atoms with Crippen LogP contribution in [0.25, 0.3) is 11.4 Å². The van der Waals surface area contributed by atoms with Crippen LogP contribution < -0.4 is 5.32 Å². The summed E-state index contributed by atoms with van der Waals surface area (Å²) in [7, 11) is 1.64. The summed E-state index contributed by atoms with van der Waals surface area (Å²) in [6.07, 6.45) is -0.498. The first-order valence-electron chi connectivity index (χ1n) is 9.70. The van der Waals surface area contributed by atoms with Crippen LogP contribution in [0.4, 0.5) is 18.9 Å². The molecule has 1 amide bonds. The Hall–Kier alpha value is -2.94. The third-order valence-corrected chi connectivity index (χ3v) is 5.73. The molecular weight excluding hydrogens is 431 g/mol. The molecule has 3 aromatic rings. The minimum absolute atomic E-state index is 0.0902. The number of anilines is 1. The Labute approximate surface area is 181 Å². The largest absolute Gasteiger partial charge is 0.323 e. The van der Waals surface area contributed by atoms with Crippen LogP contribution in [0.3, 0.4) is 0 Å². The predicted molar refractivity (Wildman–Crippen MR) is 109 cm³/mol. The van der Waals surface area contributed by atoms with Crippen LogP contribution in [-0.4, -0.2) is 32.0 Å². The van der Waals surface area contributed by atoms with Gasteiger partial charge >= 0.3 is 0 Å². The minimum Gasteiger partial charge on any atom is -0.323 e. The lowest BCUT2D eigenvalue weighted by atomic mass is 9.83. The first-order valence-corrected chi connectivity index (χ1v) is 10.1. The molecule has 0 spiro atoms. The fourth-order valence-electron chi connectivity index (χ4n) is 3.96. The SMILES string of the molecule is Cn1nnc(-c2ccc(C(C(=O)Nc3cccc(Cl)c3F)C3CCC(F)(F)C3)cc2)n1. The van der Waals surface area contributed by atoms with Crippen molar-refractivity contribution in [1.29, 1.82) is 0 Å². The molecule has 6 nitrogen and oxygen atoms in total. The maximum absolute atomic E-state index is 14.3. The summed E-state index contributed by atoms with van der Waals surface area (Å²) in [6.45, 7) is 0. The summed E-state index contributed by atoms with van der Waals surface area (Å²) in [5.41, 5.74) is 1.14. The zero-order valence-electron chi connectivity index (χ0n) is 16.5. The maximum atomic E-state index is 14.3. The molecule has 31 heavy (non-hydrogen) atoms. The van der Waals surface area contributed by atoms with Gasteiger partial charge in [-0.1, -0.05) is 41.9 Å². The molecule has 2 aromatic carbocycles. The summed E-state index contributed by atoms with van der Waals surface area (Å²) in [4.78, 5) is 14.4. The lowest BCUT2D eigenvalue weighted by molar-refractivity contribution is -0.118. The van der Waals surface area contributed by atoms with Gasteiger partial charge in [0.2, 0.25) is 17.7 Å². The molecule has 1 fully saturated rings. The highest BCUT2D eigenvalue weighted by atomic mass is 35.5. The second-order valence-electron chi connectivity index (χ2n) is 7.65. The molecule has 1 saturated carbocycles. The van der Waals surface area contributed by atoms with Gasteiger partial charge < -0.3 is 5.32 Å². The quantitative estimate of drug-likeness (QED) is 0.605. The van der Waals surface area contributed by atoms with Gasteiger partial charge in [-0.25, -0.2) is 13.2 Å². The van der Waals surface area contributed by atoms with Gasteiger partial charge in [0, 0.05) is 18.4 Å². The minimum atomic E-state index is -2.83.